The van der Waals surface area contributed by atoms with Crippen molar-refractivity contribution in [1.82, 2.24) is 25.1 Å². The molecule has 0 aliphatic heterocycles. The lowest BCUT2D eigenvalue weighted by molar-refractivity contribution is -0.137. The molecule has 0 atom stereocenters. The molecule has 38 heavy (non-hydrogen) atoms. The number of rotatable bonds is 9. The van der Waals surface area contributed by atoms with Crippen molar-refractivity contribution in [2.24, 2.45) is 0 Å². The van der Waals surface area contributed by atoms with Crippen LogP contribution in [0, 0.1) is 0 Å². The Morgan fingerprint density at radius 3 is 2.55 bits per heavy atom. The standard InChI is InChI=1S/C24H20ClF3N6O3S/c1-37-16-5-2-14(3-6-16)23(36)29-11-10-20-32-31-19-8-9-22(33-34(19)20)38-13-21(35)30-18-12-15(24(26,27)28)4-7-17(18)25/h2-9,12H,10-11,13H2,1H3,(H,29,36)(H,30,35). The number of anilines is 1. The van der Waals surface area contributed by atoms with E-state index in [-0.39, 0.29) is 28.9 Å². The number of carbonyl (C=O) groups excluding carboxylic acids is 2. The van der Waals surface area contributed by atoms with Gasteiger partial charge in [-0.05, 0) is 54.6 Å². The topological polar surface area (TPSA) is 111 Å². The van der Waals surface area contributed by atoms with Crippen LogP contribution in [0.4, 0.5) is 18.9 Å². The van der Waals surface area contributed by atoms with Crippen molar-refractivity contribution in [3.8, 4) is 5.75 Å². The maximum absolute atomic E-state index is 13.0. The zero-order valence-corrected chi connectivity index (χ0v) is 21.3. The molecule has 2 amide bonds. The number of ether oxygens (including phenoxy) is 1. The van der Waals surface area contributed by atoms with Gasteiger partial charge in [-0.2, -0.15) is 22.8 Å². The lowest BCUT2D eigenvalue weighted by Crippen LogP contribution is -2.26. The molecule has 2 N–H and O–H groups in total. The van der Waals surface area contributed by atoms with E-state index in [1.54, 1.807) is 43.5 Å². The number of thioether (sulfide) groups is 1. The number of hydrogen-bond acceptors (Lipinski definition) is 7. The molecule has 9 nitrogen and oxygen atoms in total. The van der Waals surface area contributed by atoms with Crippen molar-refractivity contribution >= 4 is 46.5 Å². The number of alkyl halides is 3. The zero-order valence-electron chi connectivity index (χ0n) is 19.8. The van der Waals surface area contributed by atoms with Crippen LogP contribution in [0.5, 0.6) is 5.75 Å². The number of benzene rings is 2. The highest BCUT2D eigenvalue weighted by Gasteiger charge is 2.31. The Morgan fingerprint density at radius 2 is 1.84 bits per heavy atom. The van der Waals surface area contributed by atoms with Gasteiger partial charge in [-0.1, -0.05) is 23.4 Å². The van der Waals surface area contributed by atoms with Crippen LogP contribution < -0.4 is 15.4 Å². The molecule has 0 aliphatic rings. The Balaban J connectivity index is 1.34. The summed E-state index contributed by atoms with van der Waals surface area (Å²) in [6.07, 6.45) is -4.22. The van der Waals surface area contributed by atoms with Crippen LogP contribution in [0.3, 0.4) is 0 Å². The molecule has 0 saturated carbocycles. The lowest BCUT2D eigenvalue weighted by Gasteiger charge is -2.11. The van der Waals surface area contributed by atoms with Gasteiger partial charge in [-0.15, -0.1) is 10.2 Å². The molecular weight excluding hydrogens is 545 g/mol. The average molecular weight is 565 g/mol. The normalized spacial score (nSPS) is 11.4. The number of nitrogens with one attached hydrogen (secondary N) is 2. The third-order valence-corrected chi connectivity index (χ3v) is 6.46. The van der Waals surface area contributed by atoms with Crippen molar-refractivity contribution in [3.63, 3.8) is 0 Å². The van der Waals surface area contributed by atoms with E-state index in [9.17, 15) is 22.8 Å². The van der Waals surface area contributed by atoms with Gasteiger partial charge in [0, 0.05) is 18.5 Å². The van der Waals surface area contributed by atoms with Gasteiger partial charge in [0.05, 0.1) is 29.1 Å². The molecule has 198 valence electrons. The molecule has 0 radical (unpaired) electrons. The van der Waals surface area contributed by atoms with Crippen LogP contribution in [0.15, 0.2) is 59.6 Å². The minimum absolute atomic E-state index is 0.0101. The van der Waals surface area contributed by atoms with Crippen molar-refractivity contribution in [3.05, 3.63) is 76.6 Å². The van der Waals surface area contributed by atoms with E-state index in [1.165, 1.54) is 4.52 Å². The van der Waals surface area contributed by atoms with Crippen molar-refractivity contribution in [1.29, 1.82) is 0 Å². The molecule has 2 aromatic heterocycles. The first kappa shape index (κ1) is 27.2. The monoisotopic (exact) mass is 564 g/mol. The highest BCUT2D eigenvalue weighted by atomic mass is 35.5. The molecule has 4 aromatic rings. The third-order valence-electron chi connectivity index (χ3n) is 5.21. The number of carbonyl (C=O) groups is 2. The number of aromatic nitrogens is 4. The minimum Gasteiger partial charge on any atom is -0.497 e. The van der Waals surface area contributed by atoms with Gasteiger partial charge in [0.25, 0.3) is 5.91 Å². The Morgan fingerprint density at radius 1 is 1.08 bits per heavy atom. The summed E-state index contributed by atoms with van der Waals surface area (Å²) in [5.41, 5.74) is -0.0879. The summed E-state index contributed by atoms with van der Waals surface area (Å²) < 4.78 is 45.5. The third kappa shape index (κ3) is 6.72. The molecule has 14 heteroatoms. The molecule has 4 rings (SSSR count). The number of fused-ring (bicyclic) bond motifs is 1. The summed E-state index contributed by atoms with van der Waals surface area (Å²) in [6.45, 7) is 0.283. The summed E-state index contributed by atoms with van der Waals surface area (Å²) in [6, 6.07) is 12.7. The molecule has 0 saturated heterocycles. The van der Waals surface area contributed by atoms with Crippen LogP contribution in [-0.4, -0.2) is 51.0 Å². The first-order valence-corrected chi connectivity index (χ1v) is 12.4. The van der Waals surface area contributed by atoms with E-state index >= 15 is 0 Å². The van der Waals surface area contributed by atoms with Crippen molar-refractivity contribution in [2.45, 2.75) is 17.6 Å². The molecule has 2 aromatic carbocycles. The van der Waals surface area contributed by atoms with Gasteiger partial charge in [0.1, 0.15) is 10.8 Å². The smallest absolute Gasteiger partial charge is 0.416 e. The Kier molecular flexibility index (Phi) is 8.37. The van der Waals surface area contributed by atoms with Gasteiger partial charge in [-0.3, -0.25) is 9.59 Å². The summed E-state index contributed by atoms with van der Waals surface area (Å²) in [5, 5.41) is 18.2. The quantitative estimate of drug-likeness (QED) is 0.288. The van der Waals surface area contributed by atoms with Gasteiger partial charge < -0.3 is 15.4 Å². The van der Waals surface area contributed by atoms with E-state index in [1.807, 2.05) is 0 Å². The molecule has 2 heterocycles. The second kappa shape index (κ2) is 11.7. The zero-order chi connectivity index (χ0) is 27.3. The summed E-state index contributed by atoms with van der Waals surface area (Å²) in [7, 11) is 1.54. The first-order chi connectivity index (χ1) is 18.1. The predicted molar refractivity (Wildman–Crippen MR) is 136 cm³/mol. The van der Waals surface area contributed by atoms with E-state index < -0.39 is 17.6 Å². The minimum atomic E-state index is -4.56. The van der Waals surface area contributed by atoms with Crippen LogP contribution in [-0.2, 0) is 17.4 Å². The predicted octanol–water partition coefficient (Wildman–Crippen LogP) is 4.51. The van der Waals surface area contributed by atoms with Crippen molar-refractivity contribution in [2.75, 3.05) is 24.7 Å². The first-order valence-electron chi connectivity index (χ1n) is 11.1. The van der Waals surface area contributed by atoms with Crippen LogP contribution in [0.2, 0.25) is 5.02 Å². The summed E-state index contributed by atoms with van der Waals surface area (Å²) >= 11 is 7.01. The summed E-state index contributed by atoms with van der Waals surface area (Å²) in [4.78, 5) is 24.7. The van der Waals surface area contributed by atoms with E-state index in [2.05, 4.69) is 25.9 Å². The van der Waals surface area contributed by atoms with Gasteiger partial charge >= 0.3 is 6.18 Å². The number of nitrogens with zero attached hydrogens (tertiary/aromatic N) is 4. The fourth-order valence-electron chi connectivity index (χ4n) is 3.30. The van der Waals surface area contributed by atoms with Crippen LogP contribution >= 0.6 is 23.4 Å². The average Bonchev–Trinajstić information content (AvgIpc) is 3.30. The SMILES string of the molecule is COc1ccc(C(=O)NCCc2nnc3ccc(SCC(=O)Nc4cc(C(F)(F)F)ccc4Cl)nn23)cc1. The molecule has 0 bridgehead atoms. The number of hydrogen-bond donors (Lipinski definition) is 2. The summed E-state index contributed by atoms with van der Waals surface area (Å²) in [5.74, 6) is 0.215. The van der Waals surface area contributed by atoms with E-state index in [0.717, 1.165) is 30.0 Å². The van der Waals surface area contributed by atoms with Gasteiger partial charge in [0.15, 0.2) is 11.5 Å². The highest BCUT2D eigenvalue weighted by Crippen LogP contribution is 2.34. The number of amides is 2. The van der Waals surface area contributed by atoms with E-state index in [0.29, 0.717) is 34.2 Å². The van der Waals surface area contributed by atoms with Crippen LogP contribution in [0.25, 0.3) is 5.65 Å². The second-order valence-corrected chi connectivity index (χ2v) is 9.22. The second-order valence-electron chi connectivity index (χ2n) is 7.82. The Bertz CT molecular complexity index is 1460. The Hall–Kier alpha value is -3.84. The lowest BCUT2D eigenvalue weighted by atomic mass is 10.2. The Labute approximate surface area is 223 Å². The van der Waals surface area contributed by atoms with Crippen LogP contribution in [0.1, 0.15) is 21.7 Å². The highest BCUT2D eigenvalue weighted by molar-refractivity contribution is 7.99. The van der Waals surface area contributed by atoms with Crippen molar-refractivity contribution < 1.29 is 27.5 Å². The molecule has 0 fully saturated rings. The van der Waals surface area contributed by atoms with Gasteiger partial charge in [-0.25, -0.2) is 0 Å². The van der Waals surface area contributed by atoms with Gasteiger partial charge in [0.2, 0.25) is 5.91 Å². The maximum Gasteiger partial charge on any atom is 0.416 e. The number of methoxy groups -OCH3 is 1. The number of halogens is 4. The fourth-order valence-corrected chi connectivity index (χ4v) is 4.12. The largest absolute Gasteiger partial charge is 0.497 e. The molecule has 0 spiro atoms. The van der Waals surface area contributed by atoms with E-state index in [4.69, 9.17) is 16.3 Å². The molecule has 0 aliphatic carbocycles. The maximum atomic E-state index is 13.0. The molecule has 0 unspecified atom stereocenters. The fraction of sp³-hybridized carbons (Fsp3) is 0.208. The molecular formula is C24H20ClF3N6O3S.